The maximum absolute atomic E-state index is 12.7. The van der Waals surface area contributed by atoms with E-state index < -0.39 is 0 Å². The van der Waals surface area contributed by atoms with Crippen molar-refractivity contribution in [2.75, 3.05) is 11.4 Å². The third-order valence-electron chi connectivity index (χ3n) is 3.86. The molecule has 3 rings (SSSR count). The number of carbonyl (C=O) groups excluding carboxylic acids is 1. The van der Waals surface area contributed by atoms with Gasteiger partial charge in [-0.15, -0.1) is 0 Å². The van der Waals surface area contributed by atoms with Gasteiger partial charge in [0.1, 0.15) is 11.9 Å². The van der Waals surface area contributed by atoms with E-state index in [-0.39, 0.29) is 12.0 Å². The molecule has 0 aliphatic carbocycles. The van der Waals surface area contributed by atoms with Gasteiger partial charge in [0, 0.05) is 5.02 Å². The maximum atomic E-state index is 12.7. The van der Waals surface area contributed by atoms with Crippen LogP contribution in [0.4, 0.5) is 5.69 Å². The highest BCUT2D eigenvalue weighted by Gasteiger charge is 2.28. The van der Waals surface area contributed by atoms with Crippen LogP contribution in [0.15, 0.2) is 48.5 Å². The van der Waals surface area contributed by atoms with Crippen LogP contribution in [0.1, 0.15) is 18.9 Å². The van der Waals surface area contributed by atoms with Gasteiger partial charge in [-0.25, -0.2) is 0 Å². The molecule has 2 aromatic carbocycles. The molecule has 1 amide bonds. The number of hydrogen-bond acceptors (Lipinski definition) is 2. The molecule has 0 spiro atoms. The first-order valence-corrected chi connectivity index (χ1v) is 7.85. The number of benzene rings is 2. The fraction of sp³-hybridized carbons (Fsp3) is 0.278. The fourth-order valence-corrected chi connectivity index (χ4v) is 2.75. The zero-order chi connectivity index (χ0) is 15.5. The van der Waals surface area contributed by atoms with Crippen LogP contribution in [0.25, 0.3) is 0 Å². The second-order valence-electron chi connectivity index (χ2n) is 5.42. The van der Waals surface area contributed by atoms with Crippen LogP contribution in [-0.4, -0.2) is 18.6 Å². The van der Waals surface area contributed by atoms with Crippen molar-refractivity contribution in [3.05, 3.63) is 59.1 Å². The summed E-state index contributed by atoms with van der Waals surface area (Å²) < 4.78 is 5.92. The lowest BCUT2D eigenvalue weighted by atomic mass is 10.1. The third kappa shape index (κ3) is 3.09. The molecule has 3 nitrogen and oxygen atoms in total. The van der Waals surface area contributed by atoms with Crippen LogP contribution in [-0.2, 0) is 11.2 Å². The van der Waals surface area contributed by atoms with Crippen LogP contribution in [0, 0.1) is 0 Å². The lowest BCUT2D eigenvalue weighted by Crippen LogP contribution is -2.44. The summed E-state index contributed by atoms with van der Waals surface area (Å²) in [7, 11) is 0. The van der Waals surface area contributed by atoms with Gasteiger partial charge in [0.15, 0.2) is 0 Å². The monoisotopic (exact) mass is 315 g/mol. The number of ether oxygens (including phenoxy) is 1. The number of amides is 1. The first kappa shape index (κ1) is 14.9. The molecule has 0 radical (unpaired) electrons. The number of para-hydroxylation sites is 2. The highest BCUT2D eigenvalue weighted by molar-refractivity contribution is 6.30. The summed E-state index contributed by atoms with van der Waals surface area (Å²) in [6, 6.07) is 15.1. The zero-order valence-corrected chi connectivity index (χ0v) is 13.2. The number of rotatable bonds is 3. The SMILES string of the molecule is CCC1CN(C(=O)Cc2ccc(Cl)cc2)c2ccccc2O1. The van der Waals surface area contributed by atoms with Gasteiger partial charge >= 0.3 is 0 Å². The number of anilines is 1. The molecule has 1 unspecified atom stereocenters. The molecule has 22 heavy (non-hydrogen) atoms. The first-order valence-electron chi connectivity index (χ1n) is 7.48. The Labute approximate surface area is 135 Å². The summed E-state index contributed by atoms with van der Waals surface area (Å²) in [4.78, 5) is 14.5. The van der Waals surface area contributed by atoms with Gasteiger partial charge in [0.05, 0.1) is 18.7 Å². The molecule has 0 saturated carbocycles. The van der Waals surface area contributed by atoms with Gasteiger partial charge in [-0.2, -0.15) is 0 Å². The van der Waals surface area contributed by atoms with E-state index in [4.69, 9.17) is 16.3 Å². The van der Waals surface area contributed by atoms with Crippen molar-refractivity contribution < 1.29 is 9.53 Å². The number of hydrogen-bond donors (Lipinski definition) is 0. The smallest absolute Gasteiger partial charge is 0.231 e. The van der Waals surface area contributed by atoms with Crippen molar-refractivity contribution in [1.82, 2.24) is 0 Å². The van der Waals surface area contributed by atoms with Crippen molar-refractivity contribution in [3.8, 4) is 5.75 Å². The molecule has 4 heteroatoms. The van der Waals surface area contributed by atoms with Crippen LogP contribution in [0.3, 0.4) is 0 Å². The predicted octanol–water partition coefficient (Wildman–Crippen LogP) is 4.09. The predicted molar refractivity (Wildman–Crippen MR) is 88.7 cm³/mol. The normalized spacial score (nSPS) is 16.8. The zero-order valence-electron chi connectivity index (χ0n) is 12.5. The van der Waals surface area contributed by atoms with E-state index in [0.29, 0.717) is 18.0 Å². The van der Waals surface area contributed by atoms with Crippen molar-refractivity contribution >= 4 is 23.2 Å². The van der Waals surface area contributed by atoms with E-state index in [9.17, 15) is 4.79 Å². The Morgan fingerprint density at radius 2 is 1.95 bits per heavy atom. The number of halogens is 1. The summed E-state index contributed by atoms with van der Waals surface area (Å²) in [5.74, 6) is 0.863. The van der Waals surface area contributed by atoms with E-state index in [2.05, 4.69) is 6.92 Å². The maximum Gasteiger partial charge on any atom is 0.231 e. The number of carbonyl (C=O) groups is 1. The van der Waals surface area contributed by atoms with Crippen LogP contribution in [0.2, 0.25) is 5.02 Å². The van der Waals surface area contributed by atoms with Crippen LogP contribution < -0.4 is 9.64 Å². The second-order valence-corrected chi connectivity index (χ2v) is 5.86. The standard InChI is InChI=1S/C18H18ClNO2/c1-2-15-12-20(16-5-3-4-6-17(16)22-15)18(21)11-13-7-9-14(19)10-8-13/h3-10,15H,2,11-12H2,1H3. The van der Waals surface area contributed by atoms with E-state index in [1.165, 1.54) is 0 Å². The number of nitrogens with zero attached hydrogens (tertiary/aromatic N) is 1. The lowest BCUT2D eigenvalue weighted by Gasteiger charge is -2.34. The minimum atomic E-state index is 0.0454. The Balaban J connectivity index is 1.83. The Bertz CT molecular complexity index is 669. The van der Waals surface area contributed by atoms with E-state index in [1.54, 1.807) is 0 Å². The summed E-state index contributed by atoms with van der Waals surface area (Å²) in [5, 5.41) is 0.680. The molecule has 0 N–H and O–H groups in total. The van der Waals surface area contributed by atoms with Gasteiger partial charge in [-0.05, 0) is 36.2 Å². The average Bonchev–Trinajstić information content (AvgIpc) is 2.55. The molecule has 114 valence electrons. The Morgan fingerprint density at radius 3 is 2.68 bits per heavy atom. The second kappa shape index (κ2) is 6.41. The third-order valence-corrected chi connectivity index (χ3v) is 4.11. The van der Waals surface area contributed by atoms with Crippen molar-refractivity contribution in [1.29, 1.82) is 0 Å². The molecule has 1 aliphatic rings. The van der Waals surface area contributed by atoms with Crippen LogP contribution in [0.5, 0.6) is 5.75 Å². The molecule has 2 aromatic rings. The first-order chi connectivity index (χ1) is 10.7. The van der Waals surface area contributed by atoms with Crippen molar-refractivity contribution in [2.24, 2.45) is 0 Å². The van der Waals surface area contributed by atoms with E-state index in [0.717, 1.165) is 23.4 Å². The number of fused-ring (bicyclic) bond motifs is 1. The molecule has 1 heterocycles. The summed E-state index contributed by atoms with van der Waals surface area (Å²) >= 11 is 5.89. The Morgan fingerprint density at radius 1 is 1.23 bits per heavy atom. The largest absolute Gasteiger partial charge is 0.486 e. The minimum Gasteiger partial charge on any atom is -0.486 e. The van der Waals surface area contributed by atoms with Gasteiger partial charge in [-0.1, -0.05) is 42.8 Å². The molecule has 0 fully saturated rings. The molecule has 1 aliphatic heterocycles. The van der Waals surface area contributed by atoms with Crippen molar-refractivity contribution in [2.45, 2.75) is 25.9 Å². The molecular formula is C18H18ClNO2. The minimum absolute atomic E-state index is 0.0454. The van der Waals surface area contributed by atoms with E-state index in [1.807, 2.05) is 53.4 Å². The summed E-state index contributed by atoms with van der Waals surface area (Å²) in [5.41, 5.74) is 1.82. The highest BCUT2D eigenvalue weighted by atomic mass is 35.5. The summed E-state index contributed by atoms with van der Waals surface area (Å²) in [6.45, 7) is 2.67. The lowest BCUT2D eigenvalue weighted by molar-refractivity contribution is -0.118. The van der Waals surface area contributed by atoms with Gasteiger partial charge in [0.25, 0.3) is 0 Å². The topological polar surface area (TPSA) is 29.5 Å². The molecule has 0 aromatic heterocycles. The molecular weight excluding hydrogens is 298 g/mol. The fourth-order valence-electron chi connectivity index (χ4n) is 2.62. The highest BCUT2D eigenvalue weighted by Crippen LogP contribution is 2.34. The quantitative estimate of drug-likeness (QED) is 0.854. The molecule has 1 atom stereocenters. The van der Waals surface area contributed by atoms with Crippen molar-refractivity contribution in [3.63, 3.8) is 0 Å². The Hall–Kier alpha value is -2.00. The van der Waals surface area contributed by atoms with E-state index >= 15 is 0 Å². The molecule has 0 saturated heterocycles. The van der Waals surface area contributed by atoms with Crippen LogP contribution >= 0.6 is 11.6 Å². The average molecular weight is 316 g/mol. The molecule has 0 bridgehead atoms. The van der Waals surface area contributed by atoms with Gasteiger partial charge < -0.3 is 9.64 Å². The summed E-state index contributed by atoms with van der Waals surface area (Å²) in [6.07, 6.45) is 1.28. The van der Waals surface area contributed by atoms with Gasteiger partial charge in [-0.3, -0.25) is 4.79 Å². The van der Waals surface area contributed by atoms with Gasteiger partial charge in [0.2, 0.25) is 5.91 Å². The Kier molecular flexibility index (Phi) is 4.34.